The molecule has 142 valence electrons. The van der Waals surface area contributed by atoms with Gasteiger partial charge in [-0.05, 0) is 31.4 Å². The number of fused-ring (bicyclic) bond motifs is 1. The Balaban J connectivity index is 1.27. The van der Waals surface area contributed by atoms with Crippen LogP contribution in [-0.4, -0.2) is 61.4 Å². The van der Waals surface area contributed by atoms with E-state index in [2.05, 4.69) is 26.8 Å². The molecule has 1 fully saturated rings. The lowest BCUT2D eigenvalue weighted by molar-refractivity contribution is 0.0168. The zero-order chi connectivity index (χ0) is 18.0. The quantitative estimate of drug-likeness (QED) is 0.404. The van der Waals surface area contributed by atoms with E-state index in [4.69, 9.17) is 9.47 Å². The summed E-state index contributed by atoms with van der Waals surface area (Å²) in [7, 11) is 1.79. The van der Waals surface area contributed by atoms with Gasteiger partial charge >= 0.3 is 0 Å². The van der Waals surface area contributed by atoms with Gasteiger partial charge in [-0.25, -0.2) is 4.98 Å². The third kappa shape index (κ3) is 5.71. The van der Waals surface area contributed by atoms with Crippen molar-refractivity contribution in [3.63, 3.8) is 0 Å². The summed E-state index contributed by atoms with van der Waals surface area (Å²) >= 11 is 0. The minimum absolute atomic E-state index is 0.303. The van der Waals surface area contributed by atoms with E-state index >= 15 is 0 Å². The van der Waals surface area contributed by atoms with Gasteiger partial charge in [0.25, 0.3) is 0 Å². The fourth-order valence-electron chi connectivity index (χ4n) is 3.01. The summed E-state index contributed by atoms with van der Waals surface area (Å²) < 4.78 is 13.2. The van der Waals surface area contributed by atoms with Crippen molar-refractivity contribution in [3.8, 4) is 0 Å². The molecular weight excluding hydrogens is 330 g/mol. The van der Waals surface area contributed by atoms with Crippen LogP contribution < -0.4 is 10.6 Å². The monoisotopic (exact) mass is 359 g/mol. The summed E-state index contributed by atoms with van der Waals surface area (Å²) in [6, 6.07) is 6.02. The number of nitrogens with zero attached hydrogens (tertiary/aromatic N) is 3. The Hall–Kier alpha value is -2.12. The maximum Gasteiger partial charge on any atom is 0.190 e. The molecule has 26 heavy (non-hydrogen) atoms. The van der Waals surface area contributed by atoms with Crippen molar-refractivity contribution < 1.29 is 9.47 Å². The first-order chi connectivity index (χ1) is 12.8. The summed E-state index contributed by atoms with van der Waals surface area (Å²) in [4.78, 5) is 8.85. The Labute approximate surface area is 154 Å². The normalized spacial score (nSPS) is 17.7. The van der Waals surface area contributed by atoms with Crippen LogP contribution in [0.15, 0.2) is 35.6 Å². The van der Waals surface area contributed by atoms with Crippen LogP contribution in [0, 0.1) is 0 Å². The summed E-state index contributed by atoms with van der Waals surface area (Å²) in [6.45, 7) is 3.96. The van der Waals surface area contributed by atoms with Crippen LogP contribution >= 0.6 is 0 Å². The number of imidazole rings is 1. The standard InChI is InChI=1S/C19H29N5O2/c1-20-19(21-9-5-12-25-15-17-6-4-13-26-17)22-10-8-16-14-24-11-3-2-7-18(24)23-16/h2-3,7,11,14,17H,4-6,8-10,12-13,15H2,1H3,(H2,20,21,22). The highest BCUT2D eigenvalue weighted by atomic mass is 16.5. The van der Waals surface area contributed by atoms with Crippen molar-refractivity contribution in [2.45, 2.75) is 31.8 Å². The van der Waals surface area contributed by atoms with E-state index in [-0.39, 0.29) is 0 Å². The third-order valence-corrected chi connectivity index (χ3v) is 4.40. The van der Waals surface area contributed by atoms with Crippen LogP contribution in [0.1, 0.15) is 25.0 Å². The van der Waals surface area contributed by atoms with Crippen LogP contribution in [0.2, 0.25) is 0 Å². The predicted molar refractivity (Wildman–Crippen MR) is 103 cm³/mol. The number of aromatic nitrogens is 2. The molecule has 3 rings (SSSR count). The Kier molecular flexibility index (Phi) is 7.27. The van der Waals surface area contributed by atoms with Gasteiger partial charge in [-0.2, -0.15) is 0 Å². The van der Waals surface area contributed by atoms with Crippen LogP contribution in [0.25, 0.3) is 5.65 Å². The molecule has 1 atom stereocenters. The molecule has 2 aromatic rings. The Morgan fingerprint density at radius 3 is 3.12 bits per heavy atom. The summed E-state index contributed by atoms with van der Waals surface area (Å²) in [6.07, 6.45) is 8.47. The highest BCUT2D eigenvalue weighted by molar-refractivity contribution is 5.79. The van der Waals surface area contributed by atoms with Crippen LogP contribution in [0.3, 0.4) is 0 Å². The van der Waals surface area contributed by atoms with Gasteiger partial charge in [-0.15, -0.1) is 0 Å². The zero-order valence-electron chi connectivity index (χ0n) is 15.5. The topological polar surface area (TPSA) is 72.2 Å². The first kappa shape index (κ1) is 18.7. The van der Waals surface area contributed by atoms with E-state index in [0.29, 0.717) is 12.7 Å². The summed E-state index contributed by atoms with van der Waals surface area (Å²) in [5.74, 6) is 0.813. The molecule has 0 spiro atoms. The van der Waals surface area contributed by atoms with E-state index in [1.807, 2.05) is 28.8 Å². The highest BCUT2D eigenvalue weighted by Crippen LogP contribution is 2.11. The first-order valence-corrected chi connectivity index (χ1v) is 9.41. The van der Waals surface area contributed by atoms with Gasteiger partial charge in [0, 0.05) is 52.2 Å². The molecule has 2 aromatic heterocycles. The summed E-state index contributed by atoms with van der Waals surface area (Å²) in [5, 5.41) is 6.64. The number of guanidine groups is 1. The lowest BCUT2D eigenvalue weighted by Crippen LogP contribution is -2.39. The molecule has 0 aromatic carbocycles. The van der Waals surface area contributed by atoms with E-state index in [0.717, 1.165) is 69.3 Å². The van der Waals surface area contributed by atoms with Crippen LogP contribution in [0.5, 0.6) is 0 Å². The molecule has 1 aliphatic rings. The number of ether oxygens (including phenoxy) is 2. The van der Waals surface area contributed by atoms with Gasteiger partial charge in [-0.1, -0.05) is 6.07 Å². The highest BCUT2D eigenvalue weighted by Gasteiger charge is 2.14. The van der Waals surface area contributed by atoms with Gasteiger partial charge in [0.1, 0.15) is 5.65 Å². The number of pyridine rings is 1. The fraction of sp³-hybridized carbons (Fsp3) is 0.579. The lowest BCUT2D eigenvalue weighted by Gasteiger charge is -2.12. The molecule has 0 aliphatic carbocycles. The molecular formula is C19H29N5O2. The van der Waals surface area contributed by atoms with Crippen molar-refractivity contribution in [3.05, 3.63) is 36.3 Å². The van der Waals surface area contributed by atoms with Gasteiger partial charge in [0.05, 0.1) is 18.4 Å². The molecule has 2 N–H and O–H groups in total. The van der Waals surface area contributed by atoms with Gasteiger partial charge in [0.2, 0.25) is 0 Å². The smallest absolute Gasteiger partial charge is 0.190 e. The molecule has 3 heterocycles. The van der Waals surface area contributed by atoms with Gasteiger partial charge in [0.15, 0.2) is 5.96 Å². The van der Waals surface area contributed by atoms with Crippen molar-refractivity contribution in [1.29, 1.82) is 0 Å². The molecule has 0 radical (unpaired) electrons. The maximum atomic E-state index is 5.66. The fourth-order valence-corrected chi connectivity index (χ4v) is 3.01. The van der Waals surface area contributed by atoms with Gasteiger partial charge in [-0.3, -0.25) is 4.99 Å². The number of hydrogen-bond acceptors (Lipinski definition) is 4. The number of aliphatic imine (C=N–C) groups is 1. The summed E-state index contributed by atoms with van der Waals surface area (Å²) in [5.41, 5.74) is 2.05. The number of nitrogens with one attached hydrogen (secondary N) is 2. The van der Waals surface area contributed by atoms with E-state index in [1.54, 1.807) is 7.05 Å². The second-order valence-corrected chi connectivity index (χ2v) is 6.44. The second kappa shape index (κ2) is 10.1. The molecule has 7 heteroatoms. The maximum absolute atomic E-state index is 5.66. The SMILES string of the molecule is CN=C(NCCCOCC1CCCO1)NCCc1cn2ccccc2n1. The molecule has 1 aliphatic heterocycles. The van der Waals surface area contributed by atoms with E-state index in [1.165, 1.54) is 0 Å². The zero-order valence-corrected chi connectivity index (χ0v) is 15.5. The minimum atomic E-state index is 0.303. The van der Waals surface area contributed by atoms with Crippen molar-refractivity contribution in [1.82, 2.24) is 20.0 Å². The average molecular weight is 359 g/mol. The Morgan fingerprint density at radius 2 is 2.31 bits per heavy atom. The number of rotatable bonds is 9. The molecule has 1 saturated heterocycles. The molecule has 0 amide bonds. The largest absolute Gasteiger partial charge is 0.379 e. The van der Waals surface area contributed by atoms with Crippen LogP contribution in [-0.2, 0) is 15.9 Å². The molecule has 0 bridgehead atoms. The van der Waals surface area contributed by atoms with Crippen molar-refractivity contribution in [2.75, 3.05) is 40.0 Å². The Bertz CT molecular complexity index is 661. The van der Waals surface area contributed by atoms with E-state index in [9.17, 15) is 0 Å². The lowest BCUT2D eigenvalue weighted by atomic mass is 10.2. The predicted octanol–water partition coefficient (Wildman–Crippen LogP) is 1.63. The molecule has 1 unspecified atom stereocenters. The van der Waals surface area contributed by atoms with E-state index < -0.39 is 0 Å². The molecule has 7 nitrogen and oxygen atoms in total. The molecule has 0 saturated carbocycles. The Morgan fingerprint density at radius 1 is 1.38 bits per heavy atom. The van der Waals surface area contributed by atoms with Crippen molar-refractivity contribution >= 4 is 11.6 Å². The minimum Gasteiger partial charge on any atom is -0.379 e. The second-order valence-electron chi connectivity index (χ2n) is 6.44. The average Bonchev–Trinajstić information content (AvgIpc) is 3.32. The van der Waals surface area contributed by atoms with Crippen molar-refractivity contribution in [2.24, 2.45) is 4.99 Å². The number of hydrogen-bond donors (Lipinski definition) is 2. The van der Waals surface area contributed by atoms with Crippen LogP contribution in [0.4, 0.5) is 0 Å². The third-order valence-electron chi connectivity index (χ3n) is 4.40. The van der Waals surface area contributed by atoms with Gasteiger partial charge < -0.3 is 24.5 Å². The first-order valence-electron chi connectivity index (χ1n) is 9.41.